The third-order valence-corrected chi connectivity index (χ3v) is 13.7. The molecule has 0 bridgehead atoms. The topological polar surface area (TPSA) is 78.9 Å². The van der Waals surface area contributed by atoms with Gasteiger partial charge in [-0.3, -0.25) is 14.4 Å². The molecule has 422 valence electrons. The Balaban J connectivity index is 4.38. The van der Waals surface area contributed by atoms with Crippen LogP contribution in [0.3, 0.4) is 0 Å². The Hall–Kier alpha value is -3.15. The van der Waals surface area contributed by atoms with Crippen LogP contribution in [0, 0.1) is 0 Å². The molecule has 0 aromatic heterocycles. The maximum atomic E-state index is 12.9. The molecule has 0 spiro atoms. The van der Waals surface area contributed by atoms with Gasteiger partial charge in [0.2, 0.25) is 0 Å². The minimum Gasteiger partial charge on any atom is -0.462 e. The van der Waals surface area contributed by atoms with Crippen molar-refractivity contribution in [2.45, 2.75) is 322 Å². The van der Waals surface area contributed by atoms with Crippen molar-refractivity contribution in [1.82, 2.24) is 0 Å². The third kappa shape index (κ3) is 59.6. The molecule has 6 heteroatoms. The molecule has 1 unspecified atom stereocenters. The smallest absolute Gasteiger partial charge is 0.306 e. The maximum absolute atomic E-state index is 12.9. The van der Waals surface area contributed by atoms with E-state index in [1.54, 1.807) is 0 Å². The average molecular weight is 1020 g/mol. The Labute approximate surface area is 453 Å². The molecule has 0 radical (unpaired) electrons. The fourth-order valence-corrected chi connectivity index (χ4v) is 8.97. The summed E-state index contributed by atoms with van der Waals surface area (Å²) < 4.78 is 16.9. The van der Waals surface area contributed by atoms with Gasteiger partial charge in [-0.1, -0.05) is 267 Å². The fraction of sp³-hybridized carbons (Fsp3) is 0.776. The molecule has 0 aromatic carbocycles. The number of hydrogen-bond acceptors (Lipinski definition) is 6. The second-order valence-electron chi connectivity index (χ2n) is 21.0. The van der Waals surface area contributed by atoms with Gasteiger partial charge in [-0.15, -0.1) is 0 Å². The lowest BCUT2D eigenvalue weighted by molar-refractivity contribution is -0.167. The van der Waals surface area contributed by atoms with Gasteiger partial charge >= 0.3 is 17.9 Å². The summed E-state index contributed by atoms with van der Waals surface area (Å²) in [6.07, 6.45) is 78.9. The summed E-state index contributed by atoms with van der Waals surface area (Å²) in [5.41, 5.74) is 0. The van der Waals surface area contributed by atoms with Crippen LogP contribution in [0.4, 0.5) is 0 Å². The fourth-order valence-electron chi connectivity index (χ4n) is 8.97. The van der Waals surface area contributed by atoms with Gasteiger partial charge in [0.15, 0.2) is 6.10 Å². The summed E-state index contributed by atoms with van der Waals surface area (Å²) in [5, 5.41) is 0. The van der Waals surface area contributed by atoms with Crippen LogP contribution in [0.5, 0.6) is 0 Å². The monoisotopic (exact) mass is 1020 g/mol. The van der Waals surface area contributed by atoms with Crippen LogP contribution in [0.2, 0.25) is 0 Å². The highest BCUT2D eigenvalue weighted by atomic mass is 16.6. The van der Waals surface area contributed by atoms with Crippen LogP contribution in [0.25, 0.3) is 0 Å². The summed E-state index contributed by atoms with van der Waals surface area (Å²) in [6.45, 7) is 6.53. The molecule has 0 amide bonds. The predicted molar refractivity (Wildman–Crippen MR) is 316 cm³/mol. The summed E-state index contributed by atoms with van der Waals surface area (Å²) >= 11 is 0. The first-order valence-corrected chi connectivity index (χ1v) is 31.5. The highest BCUT2D eigenvalue weighted by Gasteiger charge is 2.19. The molecular weight excluding hydrogens is 901 g/mol. The molecule has 0 N–H and O–H groups in total. The molecule has 0 saturated heterocycles. The van der Waals surface area contributed by atoms with Crippen molar-refractivity contribution >= 4 is 17.9 Å². The Morgan fingerprint density at radius 2 is 0.575 bits per heavy atom. The predicted octanol–water partition coefficient (Wildman–Crippen LogP) is 21.3. The van der Waals surface area contributed by atoms with Gasteiger partial charge in [0.05, 0.1) is 0 Å². The summed E-state index contributed by atoms with van der Waals surface area (Å²) in [5.74, 6) is -0.878. The van der Waals surface area contributed by atoms with Crippen LogP contribution in [-0.4, -0.2) is 37.2 Å². The van der Waals surface area contributed by atoms with E-state index in [0.29, 0.717) is 19.3 Å². The minimum absolute atomic E-state index is 0.0791. The molecule has 0 aliphatic carbocycles. The minimum atomic E-state index is -0.782. The quantitative estimate of drug-likeness (QED) is 0.0199. The molecule has 0 rings (SSSR count). The van der Waals surface area contributed by atoms with Crippen LogP contribution in [-0.2, 0) is 28.6 Å². The van der Waals surface area contributed by atoms with Crippen LogP contribution in [0.15, 0.2) is 72.9 Å². The van der Waals surface area contributed by atoms with E-state index in [1.807, 2.05) is 0 Å². The summed E-state index contributed by atoms with van der Waals surface area (Å²) in [4.78, 5) is 38.3. The van der Waals surface area contributed by atoms with Crippen molar-refractivity contribution in [2.75, 3.05) is 13.2 Å². The van der Waals surface area contributed by atoms with Crippen molar-refractivity contribution < 1.29 is 28.6 Å². The summed E-state index contributed by atoms with van der Waals surface area (Å²) in [7, 11) is 0. The standard InChI is InChI=1S/C67H118O6/c1-4-7-10-13-16-19-22-25-28-31-33-36-39-42-45-48-51-54-57-60-66(69)72-63-64(62-71-65(68)59-56-53-50-47-44-41-38-35-30-27-24-21-18-15-12-9-6-3)73-67(70)61-58-55-52-49-46-43-40-37-34-32-29-26-23-20-17-14-11-8-5-2/h7,10,16-17,19-20,23,25-28,30,64H,4-6,8-9,11-15,18,21-22,24,29,31-63H2,1-3H3/b10-7-,19-16-,20-17-,26-23-,28-25-,30-27-. The molecule has 1 atom stereocenters. The Kier molecular flexibility index (Phi) is 58.7. The normalized spacial score (nSPS) is 12.5. The number of rotatable bonds is 57. The largest absolute Gasteiger partial charge is 0.462 e. The highest BCUT2D eigenvalue weighted by molar-refractivity contribution is 5.71. The van der Waals surface area contributed by atoms with Crippen LogP contribution >= 0.6 is 0 Å². The van der Waals surface area contributed by atoms with E-state index in [-0.39, 0.29) is 31.1 Å². The second kappa shape index (κ2) is 61.4. The molecule has 0 aliphatic heterocycles. The Bertz CT molecular complexity index is 1360. The highest BCUT2D eigenvalue weighted by Crippen LogP contribution is 2.16. The number of esters is 3. The van der Waals surface area contributed by atoms with E-state index < -0.39 is 6.10 Å². The van der Waals surface area contributed by atoms with Gasteiger partial charge in [0, 0.05) is 19.3 Å². The SMILES string of the molecule is CC/C=C\C/C=C\C/C=C\CCCCCCCCCCCC(=O)OCC(COC(=O)CCCCCCCCC/C=C\CCCCCCCC)OC(=O)CCCCCCCCCCCC/C=C\C=C/CCCCC. The number of carbonyl (C=O) groups is 3. The maximum Gasteiger partial charge on any atom is 0.306 e. The molecule has 0 aliphatic rings. The lowest BCUT2D eigenvalue weighted by atomic mass is 10.1. The van der Waals surface area contributed by atoms with Crippen molar-refractivity contribution in [3.63, 3.8) is 0 Å². The van der Waals surface area contributed by atoms with E-state index in [2.05, 4.69) is 93.7 Å². The number of carbonyl (C=O) groups excluding carboxylic acids is 3. The van der Waals surface area contributed by atoms with E-state index in [4.69, 9.17) is 14.2 Å². The van der Waals surface area contributed by atoms with Crippen molar-refractivity contribution in [2.24, 2.45) is 0 Å². The zero-order valence-corrected chi connectivity index (χ0v) is 48.4. The van der Waals surface area contributed by atoms with E-state index in [0.717, 1.165) is 77.0 Å². The number of allylic oxidation sites excluding steroid dienone is 12. The first-order chi connectivity index (χ1) is 36.0. The first-order valence-electron chi connectivity index (χ1n) is 31.5. The second-order valence-corrected chi connectivity index (χ2v) is 21.0. The van der Waals surface area contributed by atoms with Crippen molar-refractivity contribution in [1.29, 1.82) is 0 Å². The van der Waals surface area contributed by atoms with Crippen molar-refractivity contribution in [3.8, 4) is 0 Å². The van der Waals surface area contributed by atoms with Gasteiger partial charge in [-0.2, -0.15) is 0 Å². The van der Waals surface area contributed by atoms with Gasteiger partial charge < -0.3 is 14.2 Å². The molecule has 73 heavy (non-hydrogen) atoms. The first kappa shape index (κ1) is 69.8. The van der Waals surface area contributed by atoms with E-state index in [9.17, 15) is 14.4 Å². The number of unbranched alkanes of at least 4 members (excludes halogenated alkanes) is 35. The lowest BCUT2D eigenvalue weighted by Crippen LogP contribution is -2.30. The molecule has 0 saturated carbocycles. The zero-order chi connectivity index (χ0) is 52.9. The van der Waals surface area contributed by atoms with Gasteiger partial charge in [-0.05, 0) is 103 Å². The molecular formula is C67H118O6. The van der Waals surface area contributed by atoms with Gasteiger partial charge in [-0.25, -0.2) is 0 Å². The molecule has 6 nitrogen and oxygen atoms in total. The number of ether oxygens (including phenoxy) is 3. The third-order valence-electron chi connectivity index (χ3n) is 13.7. The summed E-state index contributed by atoms with van der Waals surface area (Å²) in [6, 6.07) is 0. The Morgan fingerprint density at radius 1 is 0.301 bits per heavy atom. The van der Waals surface area contributed by atoms with Crippen LogP contribution < -0.4 is 0 Å². The van der Waals surface area contributed by atoms with E-state index in [1.165, 1.54) is 199 Å². The van der Waals surface area contributed by atoms with Crippen LogP contribution in [0.1, 0.15) is 316 Å². The zero-order valence-electron chi connectivity index (χ0n) is 48.4. The average Bonchev–Trinajstić information content (AvgIpc) is 3.39. The Morgan fingerprint density at radius 3 is 0.959 bits per heavy atom. The van der Waals surface area contributed by atoms with Gasteiger partial charge in [0.1, 0.15) is 13.2 Å². The number of hydrogen-bond donors (Lipinski definition) is 0. The molecule has 0 aromatic rings. The van der Waals surface area contributed by atoms with E-state index >= 15 is 0 Å². The lowest BCUT2D eigenvalue weighted by Gasteiger charge is -2.18. The van der Waals surface area contributed by atoms with Crippen molar-refractivity contribution in [3.05, 3.63) is 72.9 Å². The molecule has 0 fully saturated rings. The molecule has 0 heterocycles. The van der Waals surface area contributed by atoms with Gasteiger partial charge in [0.25, 0.3) is 0 Å².